The summed E-state index contributed by atoms with van der Waals surface area (Å²) in [6.07, 6.45) is 0. The monoisotopic (exact) mass is 155 g/mol. The molecule has 0 amide bonds. The molecule has 4 heavy (non-hydrogen) atoms. The predicted octanol–water partition coefficient (Wildman–Crippen LogP) is -0.772. The average Bonchev–Trinajstić information content (AvgIpc) is 1.00. The van der Waals surface area contributed by atoms with Crippen LogP contribution >= 0.6 is 0 Å². The van der Waals surface area contributed by atoms with Crippen molar-refractivity contribution in [3.8, 4) is 0 Å². The number of hydrogen-bond acceptors (Lipinski definition) is 1. The third-order valence-electron chi connectivity index (χ3n) is 0. The molecule has 0 saturated carbocycles. The van der Waals surface area contributed by atoms with Crippen LogP contribution < -0.4 is 0 Å². The van der Waals surface area contributed by atoms with E-state index in [0.29, 0.717) is 16.2 Å². The molecule has 0 saturated heterocycles. The van der Waals surface area contributed by atoms with Crippen LogP contribution in [0.2, 0.25) is 0 Å². The standard InChI is InChI=1S/Al.Fe.Mn.O.H. The third kappa shape index (κ3) is 10.1. The number of hydrogen-bond donors (Lipinski definition) is 0. The Morgan fingerprint density at radius 3 is 1.25 bits per heavy atom. The van der Waals surface area contributed by atoms with E-state index in [1.165, 1.54) is 0 Å². The molecule has 1 nitrogen and oxygen atoms in total. The summed E-state index contributed by atoms with van der Waals surface area (Å²) in [6, 6.07) is 0. The van der Waals surface area contributed by atoms with Gasteiger partial charge < -0.3 is 0 Å². The zero-order chi connectivity index (χ0) is 2.00. The number of rotatable bonds is 0. The van der Waals surface area contributed by atoms with Crippen LogP contribution in [0, 0.1) is 0 Å². The second-order valence-corrected chi connectivity index (χ2v) is 0. The Bertz CT molecular complexity index is 8.00. The van der Waals surface area contributed by atoms with E-state index in [1.807, 2.05) is 0 Å². The summed E-state index contributed by atoms with van der Waals surface area (Å²) in [7, 11) is 0. The Morgan fingerprint density at radius 2 is 1.25 bits per heavy atom. The first-order valence-electron chi connectivity index (χ1n) is 0.289. The molecule has 0 unspecified atom stereocenters. The molecule has 0 aromatic rings. The quantitative estimate of drug-likeness (QED) is 0.419. The minimum atomic E-state index is 0. The van der Waals surface area contributed by atoms with Gasteiger partial charge in [-0.25, -0.2) is 0 Å². The maximum absolute atomic E-state index is 8.28. The van der Waals surface area contributed by atoms with Crippen molar-refractivity contribution in [2.45, 2.75) is 0 Å². The molecular formula is HAlFeMnO. The Morgan fingerprint density at radius 1 is 1.25 bits per heavy atom. The molecular weight excluding hydrogens is 154 g/mol. The molecule has 0 aliphatic heterocycles. The fourth-order valence-corrected chi connectivity index (χ4v) is 0. The summed E-state index contributed by atoms with van der Waals surface area (Å²) in [5.74, 6) is 0. The van der Waals surface area contributed by atoms with Gasteiger partial charge in [-0.1, -0.05) is 0 Å². The van der Waals surface area contributed by atoms with Gasteiger partial charge in [0.2, 0.25) is 0 Å². The molecule has 0 aliphatic rings. The van der Waals surface area contributed by atoms with Crippen LogP contribution in [0.4, 0.5) is 0 Å². The Labute approximate surface area is 54.1 Å². The third-order valence-corrected chi connectivity index (χ3v) is 0. The van der Waals surface area contributed by atoms with Gasteiger partial charge in [0.1, 0.15) is 0 Å². The Kier molecular flexibility index (Phi) is 121. The van der Waals surface area contributed by atoms with Crippen LogP contribution in [-0.2, 0) is 37.9 Å². The molecule has 0 heterocycles. The van der Waals surface area contributed by atoms with E-state index >= 15 is 0 Å². The van der Waals surface area contributed by atoms with Crippen LogP contribution in [0.15, 0.2) is 0 Å². The van der Waals surface area contributed by atoms with Gasteiger partial charge in [0.05, 0.1) is 0 Å². The molecule has 0 spiro atoms. The molecule has 1 radical (unpaired) electrons. The summed E-state index contributed by atoms with van der Waals surface area (Å²) in [5, 5.41) is 0. The molecule has 0 aromatic heterocycles. The van der Waals surface area contributed by atoms with Crippen molar-refractivity contribution in [3.05, 3.63) is 0 Å². The van der Waals surface area contributed by atoms with Crippen LogP contribution in [0.5, 0.6) is 0 Å². The van der Waals surface area contributed by atoms with Gasteiger partial charge in [0.25, 0.3) is 0 Å². The molecule has 0 N–H and O–H groups in total. The van der Waals surface area contributed by atoms with Crippen LogP contribution in [0.25, 0.3) is 0 Å². The average molecular weight is 155 g/mol. The van der Waals surface area contributed by atoms with Crippen molar-refractivity contribution in [1.82, 2.24) is 0 Å². The summed E-state index contributed by atoms with van der Waals surface area (Å²) < 4.78 is 8.28. The van der Waals surface area contributed by atoms with Crippen molar-refractivity contribution in [2.24, 2.45) is 0 Å². The molecule has 0 aromatic carbocycles. The van der Waals surface area contributed by atoms with E-state index in [0.717, 1.165) is 0 Å². The zero-order valence-corrected chi connectivity index (χ0v) is 5.55. The zero-order valence-electron chi connectivity index (χ0n) is 1.85. The van der Waals surface area contributed by atoms with Gasteiger partial charge in [0.15, 0.2) is 0 Å². The van der Waals surface area contributed by atoms with Crippen LogP contribution in [-0.4, -0.2) is 16.2 Å². The van der Waals surface area contributed by atoms with Crippen molar-refractivity contribution in [3.63, 3.8) is 0 Å². The summed E-state index contributed by atoms with van der Waals surface area (Å²) in [6.45, 7) is 0. The van der Waals surface area contributed by atoms with Gasteiger partial charge in [-0.3, -0.25) is 0 Å². The molecule has 0 bridgehead atoms. The minimum absolute atomic E-state index is 0. The molecule has 25 valence electrons. The molecule has 4 heteroatoms. The topological polar surface area (TPSA) is 17.1 Å². The van der Waals surface area contributed by atoms with E-state index in [9.17, 15) is 0 Å². The predicted molar refractivity (Wildman–Crippen MR) is 7.84 cm³/mol. The van der Waals surface area contributed by atoms with E-state index in [2.05, 4.69) is 0 Å². The molecule has 0 aliphatic carbocycles. The van der Waals surface area contributed by atoms with E-state index in [1.54, 1.807) is 0 Å². The Hall–Kier alpha value is 1.37. The van der Waals surface area contributed by atoms with Gasteiger partial charge >= 0.3 is 20.0 Å². The molecule has 0 rings (SSSR count). The van der Waals surface area contributed by atoms with E-state index in [-0.39, 0.29) is 34.1 Å². The SMILES string of the molecule is [Fe].[Mn].[O]=[AlH]. The first-order valence-corrected chi connectivity index (χ1v) is 0.866. The van der Waals surface area contributed by atoms with Crippen molar-refractivity contribution >= 4 is 16.2 Å². The van der Waals surface area contributed by atoms with Crippen molar-refractivity contribution in [1.29, 1.82) is 0 Å². The summed E-state index contributed by atoms with van der Waals surface area (Å²) in [4.78, 5) is 0. The van der Waals surface area contributed by atoms with Crippen molar-refractivity contribution < 1.29 is 37.9 Å². The van der Waals surface area contributed by atoms with E-state index < -0.39 is 0 Å². The normalized spacial score (nSPS) is 0.750. The van der Waals surface area contributed by atoms with Gasteiger partial charge in [-0.15, -0.1) is 0 Å². The summed E-state index contributed by atoms with van der Waals surface area (Å²) in [5.41, 5.74) is 0. The molecule has 0 fully saturated rings. The van der Waals surface area contributed by atoms with Crippen molar-refractivity contribution in [2.75, 3.05) is 0 Å². The first kappa shape index (κ1) is 18.3. The van der Waals surface area contributed by atoms with Gasteiger partial charge in [-0.05, 0) is 0 Å². The fraction of sp³-hybridized carbons (Fsp3) is 0. The van der Waals surface area contributed by atoms with Gasteiger partial charge in [0, 0.05) is 34.1 Å². The Balaban J connectivity index is -0.00000000500. The maximum atomic E-state index is 8.28. The van der Waals surface area contributed by atoms with E-state index in [4.69, 9.17) is 3.80 Å². The van der Waals surface area contributed by atoms with Crippen LogP contribution in [0.1, 0.15) is 0 Å². The first-order chi connectivity index (χ1) is 1.00. The fourth-order valence-electron chi connectivity index (χ4n) is 0. The molecule has 0 atom stereocenters. The van der Waals surface area contributed by atoms with Crippen LogP contribution in [0.3, 0.4) is 0 Å². The summed E-state index contributed by atoms with van der Waals surface area (Å²) >= 11 is 0.611. The van der Waals surface area contributed by atoms with Gasteiger partial charge in [-0.2, -0.15) is 0 Å². The second kappa shape index (κ2) is 26.4. The second-order valence-electron chi connectivity index (χ2n) is 0.